The number of thioether (sulfide) groups is 1. The molecule has 3 N–H and O–H groups in total. The summed E-state index contributed by atoms with van der Waals surface area (Å²) in [6.07, 6.45) is 1.66. The number of rotatable bonds is 5. The Labute approximate surface area is 227 Å². The molecule has 5 aromatic rings. The summed E-state index contributed by atoms with van der Waals surface area (Å²) in [5.74, 6) is -0.961. The molecule has 1 aliphatic heterocycles. The van der Waals surface area contributed by atoms with Crippen LogP contribution in [0.2, 0.25) is 0 Å². The predicted molar refractivity (Wildman–Crippen MR) is 151 cm³/mol. The maximum atomic E-state index is 13.8. The fraction of sp³-hybridized carbons (Fsp3) is 0.0667. The zero-order valence-electron chi connectivity index (χ0n) is 20.5. The molecule has 39 heavy (non-hydrogen) atoms. The molecule has 0 saturated heterocycles. The van der Waals surface area contributed by atoms with Crippen LogP contribution >= 0.6 is 11.8 Å². The van der Waals surface area contributed by atoms with Crippen LogP contribution in [0.15, 0.2) is 96.0 Å². The maximum Gasteiger partial charge on any atom is 0.323 e. The second-order valence-electron chi connectivity index (χ2n) is 9.14. The predicted octanol–water partition coefficient (Wildman–Crippen LogP) is 7.40. The van der Waals surface area contributed by atoms with Crippen molar-refractivity contribution in [1.29, 1.82) is 0 Å². The lowest BCUT2D eigenvalue weighted by Crippen LogP contribution is -2.34. The van der Waals surface area contributed by atoms with Gasteiger partial charge in [0.05, 0.1) is 23.7 Å². The number of hydrogen-bond acceptors (Lipinski definition) is 3. The molecule has 0 spiro atoms. The first kappa shape index (κ1) is 24.7. The lowest BCUT2D eigenvalue weighted by molar-refractivity contribution is -0.116. The van der Waals surface area contributed by atoms with Gasteiger partial charge in [-0.3, -0.25) is 4.79 Å². The van der Waals surface area contributed by atoms with Gasteiger partial charge in [0.2, 0.25) is 5.91 Å². The number of carbonyl (C=O) groups excluding carboxylic acids is 2. The Morgan fingerprint density at radius 1 is 0.897 bits per heavy atom. The van der Waals surface area contributed by atoms with Crippen LogP contribution < -0.4 is 15.5 Å². The molecule has 0 fully saturated rings. The van der Waals surface area contributed by atoms with Gasteiger partial charge in [0.1, 0.15) is 11.6 Å². The van der Waals surface area contributed by atoms with Gasteiger partial charge in [-0.25, -0.2) is 13.6 Å². The van der Waals surface area contributed by atoms with E-state index < -0.39 is 17.7 Å². The quantitative estimate of drug-likeness (QED) is 0.217. The molecule has 1 aliphatic rings. The molecule has 0 saturated carbocycles. The smallest absolute Gasteiger partial charge is 0.323 e. The van der Waals surface area contributed by atoms with E-state index in [9.17, 15) is 18.4 Å². The van der Waals surface area contributed by atoms with Crippen LogP contribution in [-0.2, 0) is 11.3 Å². The Bertz CT molecular complexity index is 1700. The van der Waals surface area contributed by atoms with Crippen molar-refractivity contribution in [2.45, 2.75) is 11.4 Å². The minimum Gasteiger partial charge on any atom is -0.359 e. The minimum atomic E-state index is -0.663. The molecule has 194 valence electrons. The highest BCUT2D eigenvalue weighted by Gasteiger charge is 2.25. The molecule has 0 radical (unpaired) electrons. The van der Waals surface area contributed by atoms with Gasteiger partial charge in [-0.05, 0) is 59.2 Å². The third-order valence-electron chi connectivity index (χ3n) is 6.47. The van der Waals surface area contributed by atoms with Gasteiger partial charge in [0.15, 0.2) is 0 Å². The van der Waals surface area contributed by atoms with Gasteiger partial charge in [-0.1, -0.05) is 36.4 Å². The van der Waals surface area contributed by atoms with Gasteiger partial charge in [-0.15, -0.1) is 11.8 Å². The number of amides is 3. The monoisotopic (exact) mass is 540 g/mol. The molecule has 0 unspecified atom stereocenters. The van der Waals surface area contributed by atoms with Crippen molar-refractivity contribution in [3.63, 3.8) is 0 Å². The van der Waals surface area contributed by atoms with E-state index in [1.54, 1.807) is 41.4 Å². The summed E-state index contributed by atoms with van der Waals surface area (Å²) in [5.41, 5.74) is 4.57. The molecule has 0 aliphatic carbocycles. The zero-order chi connectivity index (χ0) is 26.9. The lowest BCUT2D eigenvalue weighted by atomic mass is 10.0. The van der Waals surface area contributed by atoms with E-state index in [4.69, 9.17) is 0 Å². The summed E-state index contributed by atoms with van der Waals surface area (Å²) in [7, 11) is 0. The van der Waals surface area contributed by atoms with Gasteiger partial charge in [-0.2, -0.15) is 0 Å². The molecule has 1 aromatic heterocycles. The number of aromatic nitrogens is 1. The fourth-order valence-electron chi connectivity index (χ4n) is 4.63. The van der Waals surface area contributed by atoms with Gasteiger partial charge in [0.25, 0.3) is 0 Å². The average Bonchev–Trinajstić information content (AvgIpc) is 3.32. The van der Waals surface area contributed by atoms with Crippen LogP contribution in [-0.4, -0.2) is 22.7 Å². The normalized spacial score (nSPS) is 12.9. The lowest BCUT2D eigenvalue weighted by Gasteiger charge is -2.29. The first-order chi connectivity index (χ1) is 18.9. The van der Waals surface area contributed by atoms with Crippen molar-refractivity contribution in [1.82, 2.24) is 4.98 Å². The number of anilines is 3. The Balaban J connectivity index is 1.22. The number of hydrogen-bond donors (Lipinski definition) is 3. The average molecular weight is 541 g/mol. The molecular formula is C30H22F2N4O2S. The summed E-state index contributed by atoms with van der Waals surface area (Å²) in [5, 5.41) is 6.37. The number of halogens is 2. The molecule has 2 heterocycles. The second kappa shape index (κ2) is 10.3. The number of nitrogens with zero attached hydrogens (tertiary/aromatic N) is 1. The van der Waals surface area contributed by atoms with E-state index in [1.165, 1.54) is 23.9 Å². The molecule has 6 rings (SSSR count). The summed E-state index contributed by atoms with van der Waals surface area (Å²) in [4.78, 5) is 31.5. The molecule has 9 heteroatoms. The van der Waals surface area contributed by atoms with Gasteiger partial charge >= 0.3 is 6.03 Å². The second-order valence-corrected chi connectivity index (χ2v) is 10.2. The highest BCUT2D eigenvalue weighted by atomic mass is 32.2. The maximum absolute atomic E-state index is 13.8. The van der Waals surface area contributed by atoms with E-state index in [0.717, 1.165) is 27.7 Å². The van der Waals surface area contributed by atoms with E-state index in [2.05, 4.69) is 15.6 Å². The fourth-order valence-corrected chi connectivity index (χ4v) is 5.54. The number of H-pyrrole nitrogens is 1. The topological polar surface area (TPSA) is 77.2 Å². The Morgan fingerprint density at radius 2 is 1.69 bits per heavy atom. The Kier molecular flexibility index (Phi) is 6.50. The van der Waals surface area contributed by atoms with Crippen molar-refractivity contribution in [2.24, 2.45) is 0 Å². The molecule has 3 amide bonds. The Morgan fingerprint density at radius 3 is 2.49 bits per heavy atom. The number of benzene rings is 4. The van der Waals surface area contributed by atoms with E-state index in [1.807, 2.05) is 36.4 Å². The van der Waals surface area contributed by atoms with Crippen LogP contribution in [0.5, 0.6) is 0 Å². The molecule has 0 atom stereocenters. The van der Waals surface area contributed by atoms with Crippen molar-refractivity contribution in [3.05, 3.63) is 108 Å². The van der Waals surface area contributed by atoms with Crippen LogP contribution in [0.4, 0.5) is 30.6 Å². The minimum absolute atomic E-state index is 0.00531. The third kappa shape index (κ3) is 5.21. The first-order valence-electron chi connectivity index (χ1n) is 12.2. The van der Waals surface area contributed by atoms with E-state index >= 15 is 0 Å². The van der Waals surface area contributed by atoms with E-state index in [0.29, 0.717) is 40.2 Å². The number of urea groups is 1. The summed E-state index contributed by atoms with van der Waals surface area (Å²) >= 11 is 1.47. The van der Waals surface area contributed by atoms with Crippen LogP contribution in [0.3, 0.4) is 0 Å². The van der Waals surface area contributed by atoms with Crippen molar-refractivity contribution in [2.75, 3.05) is 21.3 Å². The van der Waals surface area contributed by atoms with Gasteiger partial charge in [0, 0.05) is 33.7 Å². The Hall–Kier alpha value is -4.63. The summed E-state index contributed by atoms with van der Waals surface area (Å²) in [6, 6.07) is 23.4. The largest absolute Gasteiger partial charge is 0.359 e. The number of nitrogens with one attached hydrogen (secondary N) is 3. The van der Waals surface area contributed by atoms with Gasteiger partial charge < -0.3 is 20.5 Å². The first-order valence-corrected chi connectivity index (χ1v) is 13.2. The van der Waals surface area contributed by atoms with Crippen LogP contribution in [0, 0.1) is 11.6 Å². The number of aromatic amines is 1. The molecule has 4 aromatic carbocycles. The van der Waals surface area contributed by atoms with Crippen LogP contribution in [0.1, 0.15) is 5.56 Å². The summed E-state index contributed by atoms with van der Waals surface area (Å²) in [6.45, 7) is 0.440. The van der Waals surface area contributed by atoms with Crippen molar-refractivity contribution >= 4 is 51.7 Å². The van der Waals surface area contributed by atoms with Crippen molar-refractivity contribution < 1.29 is 18.4 Å². The summed E-state index contributed by atoms with van der Waals surface area (Å²) < 4.78 is 27.5. The molecular weight excluding hydrogens is 518 g/mol. The molecule has 6 nitrogen and oxygen atoms in total. The van der Waals surface area contributed by atoms with Crippen molar-refractivity contribution in [3.8, 4) is 11.1 Å². The standard InChI is InChI=1S/C30H22F2N4O2S/c31-21-10-20(11-22(32)13-21)19-6-8-25-24(12-19)26(15-33-25)35-30(38)34-23-7-9-28-27(14-23)36(29(37)17-39-28)16-18-4-2-1-3-5-18/h1-15,33H,16-17H2,(H2,34,35,38). The van der Waals surface area contributed by atoms with Crippen LogP contribution in [0.25, 0.3) is 22.0 Å². The van der Waals surface area contributed by atoms with E-state index in [-0.39, 0.29) is 5.91 Å². The number of carbonyl (C=O) groups is 2. The SMILES string of the molecule is O=C(Nc1ccc2c(c1)N(Cc1ccccc1)C(=O)CS2)Nc1c[nH]c2ccc(-c3cc(F)cc(F)c3)cc12. The highest BCUT2D eigenvalue weighted by molar-refractivity contribution is 8.00. The molecule has 0 bridgehead atoms. The number of fused-ring (bicyclic) bond motifs is 2. The zero-order valence-corrected chi connectivity index (χ0v) is 21.3. The highest BCUT2D eigenvalue weighted by Crippen LogP contribution is 2.38. The third-order valence-corrected chi connectivity index (χ3v) is 7.52.